The van der Waals surface area contributed by atoms with Gasteiger partial charge in [0.2, 0.25) is 11.8 Å². The third-order valence-corrected chi connectivity index (χ3v) is 7.29. The Balaban J connectivity index is 1.80. The van der Waals surface area contributed by atoms with Crippen molar-refractivity contribution in [3.63, 3.8) is 0 Å². The maximum Gasteiger partial charge on any atom is 0.327 e. The number of amides is 2. The van der Waals surface area contributed by atoms with E-state index in [0.29, 0.717) is 11.5 Å². The number of ether oxygens (including phenoxy) is 2. The maximum absolute atomic E-state index is 12.2. The molecule has 2 atom stereocenters. The Morgan fingerprint density at radius 3 is 1.34 bits per heavy atom. The van der Waals surface area contributed by atoms with Crippen LogP contribution in [0.1, 0.15) is 11.1 Å². The summed E-state index contributed by atoms with van der Waals surface area (Å²) >= 11 is 0. The Morgan fingerprint density at radius 2 is 1.05 bits per heavy atom. The second-order valence-corrected chi connectivity index (χ2v) is 10.1. The topological polar surface area (TPSA) is 151 Å². The molecule has 10 nitrogen and oxygen atoms in total. The van der Waals surface area contributed by atoms with Crippen molar-refractivity contribution in [2.75, 3.05) is 25.7 Å². The van der Waals surface area contributed by atoms with Crippen LogP contribution in [0.2, 0.25) is 0 Å². The number of hydrogen-bond donors (Lipinski definition) is 4. The molecule has 0 aromatic heterocycles. The van der Waals surface area contributed by atoms with Gasteiger partial charge in [-0.1, -0.05) is 45.9 Å². The van der Waals surface area contributed by atoms with Crippen LogP contribution in [0.15, 0.2) is 60.7 Å². The van der Waals surface area contributed by atoms with Gasteiger partial charge in [-0.15, -0.1) is 0 Å². The lowest BCUT2D eigenvalue weighted by Gasteiger charge is -2.15. The van der Waals surface area contributed by atoms with E-state index < -0.39 is 35.8 Å². The van der Waals surface area contributed by atoms with E-state index in [-0.39, 0.29) is 11.5 Å². The number of benzene rings is 2. The highest BCUT2D eigenvalue weighted by molar-refractivity contribution is 8.76. The van der Waals surface area contributed by atoms with Crippen molar-refractivity contribution in [1.29, 1.82) is 0 Å². The van der Waals surface area contributed by atoms with Crippen molar-refractivity contribution < 1.29 is 38.9 Å². The molecule has 4 N–H and O–H groups in total. The summed E-state index contributed by atoms with van der Waals surface area (Å²) in [6, 6.07) is 11.5. The van der Waals surface area contributed by atoms with E-state index in [4.69, 9.17) is 9.47 Å². The van der Waals surface area contributed by atoms with Crippen LogP contribution < -0.4 is 20.1 Å². The molecule has 0 aliphatic heterocycles. The van der Waals surface area contributed by atoms with Crippen LogP contribution in [-0.4, -0.2) is 71.8 Å². The summed E-state index contributed by atoms with van der Waals surface area (Å²) in [4.78, 5) is 47.4. The summed E-state index contributed by atoms with van der Waals surface area (Å²) < 4.78 is 10.1. The lowest BCUT2D eigenvalue weighted by atomic mass is 10.2. The second kappa shape index (κ2) is 16.0. The highest BCUT2D eigenvalue weighted by Crippen LogP contribution is 2.23. The van der Waals surface area contributed by atoms with Gasteiger partial charge in [-0.05, 0) is 47.5 Å². The van der Waals surface area contributed by atoms with Gasteiger partial charge in [0.15, 0.2) is 0 Å². The fourth-order valence-electron chi connectivity index (χ4n) is 2.80. The normalized spacial score (nSPS) is 12.6. The highest BCUT2D eigenvalue weighted by Gasteiger charge is 2.22. The van der Waals surface area contributed by atoms with Gasteiger partial charge in [-0.3, -0.25) is 9.59 Å². The number of carbonyl (C=O) groups excluding carboxylic acids is 2. The van der Waals surface area contributed by atoms with Gasteiger partial charge in [0.1, 0.15) is 23.6 Å². The van der Waals surface area contributed by atoms with Crippen LogP contribution in [-0.2, 0) is 19.2 Å². The van der Waals surface area contributed by atoms with Gasteiger partial charge < -0.3 is 30.3 Å². The molecular formula is C26H28N2O8S2. The molecule has 0 unspecified atom stereocenters. The lowest BCUT2D eigenvalue weighted by Crippen LogP contribution is -2.42. The molecule has 0 heterocycles. The number of carboxylic acid groups (broad SMARTS) is 2. The first-order valence-electron chi connectivity index (χ1n) is 11.2. The Bertz CT molecular complexity index is 1060. The molecular weight excluding hydrogens is 532 g/mol. The molecule has 12 heteroatoms. The smallest absolute Gasteiger partial charge is 0.327 e. The average Bonchev–Trinajstić information content (AvgIpc) is 2.91. The summed E-state index contributed by atoms with van der Waals surface area (Å²) in [6.45, 7) is 0. The molecule has 2 amide bonds. The number of aliphatic carboxylic acids is 2. The Labute approximate surface area is 227 Å². The number of methoxy groups -OCH3 is 2. The molecule has 0 saturated carbocycles. The minimum atomic E-state index is -1.23. The predicted octanol–water partition coefficient (Wildman–Crippen LogP) is 2.95. The third kappa shape index (κ3) is 11.0. The number of hydrogen-bond acceptors (Lipinski definition) is 8. The Morgan fingerprint density at radius 1 is 0.711 bits per heavy atom. The minimum Gasteiger partial charge on any atom is -0.497 e. The van der Waals surface area contributed by atoms with E-state index in [0.717, 1.165) is 32.7 Å². The van der Waals surface area contributed by atoms with Crippen LogP contribution in [0.25, 0.3) is 12.2 Å². The zero-order valence-corrected chi connectivity index (χ0v) is 22.3. The molecule has 38 heavy (non-hydrogen) atoms. The average molecular weight is 561 g/mol. The van der Waals surface area contributed by atoms with Gasteiger partial charge in [0.05, 0.1) is 14.2 Å². The van der Waals surface area contributed by atoms with Crippen LogP contribution in [0.4, 0.5) is 0 Å². The summed E-state index contributed by atoms with van der Waals surface area (Å²) in [5, 5.41) is 23.7. The van der Waals surface area contributed by atoms with Gasteiger partial charge in [0, 0.05) is 23.7 Å². The molecule has 2 aromatic rings. The lowest BCUT2D eigenvalue weighted by molar-refractivity contribution is -0.141. The molecule has 0 aliphatic carbocycles. The molecule has 0 fully saturated rings. The van der Waals surface area contributed by atoms with Crippen molar-refractivity contribution >= 4 is 57.5 Å². The zero-order valence-electron chi connectivity index (χ0n) is 20.7. The van der Waals surface area contributed by atoms with Gasteiger partial charge in [-0.2, -0.15) is 0 Å². The van der Waals surface area contributed by atoms with Gasteiger partial charge in [-0.25, -0.2) is 9.59 Å². The van der Waals surface area contributed by atoms with Crippen LogP contribution in [0, 0.1) is 0 Å². The molecule has 2 rings (SSSR count). The number of carboxylic acids is 2. The summed E-state index contributed by atoms with van der Waals surface area (Å²) in [6.07, 6.45) is 5.54. The van der Waals surface area contributed by atoms with Gasteiger partial charge >= 0.3 is 11.9 Å². The maximum atomic E-state index is 12.2. The summed E-state index contributed by atoms with van der Waals surface area (Å²) in [7, 11) is 5.24. The predicted molar refractivity (Wildman–Crippen MR) is 148 cm³/mol. The standard InChI is InChI=1S/C26H28N2O8S2/c1-35-19-9-3-17(4-10-19)7-13-23(29)27-21(25(31)32)15-37-38-16-22(26(33)34)28-24(30)14-8-18-5-11-20(36-2)12-6-18/h3-14,21-22H,15-16H2,1-2H3,(H,27,29)(H,28,30)(H,31,32)(H,33,34)/b13-7+,14-8+/t21-,22-/m0/s1. The second-order valence-electron chi connectivity index (χ2n) is 7.58. The van der Waals surface area contributed by atoms with E-state index in [1.54, 1.807) is 74.9 Å². The summed E-state index contributed by atoms with van der Waals surface area (Å²) in [5.41, 5.74) is 1.47. The van der Waals surface area contributed by atoms with Crippen LogP contribution >= 0.6 is 21.6 Å². The largest absolute Gasteiger partial charge is 0.497 e. The molecule has 0 aliphatic rings. The molecule has 202 valence electrons. The SMILES string of the molecule is COc1ccc(/C=C/C(=O)N[C@@H](CSSC[C@H](NC(=O)/C=C/c2ccc(OC)cc2)C(=O)O)C(=O)O)cc1. The molecule has 0 spiro atoms. The van der Waals surface area contributed by atoms with Crippen molar-refractivity contribution in [1.82, 2.24) is 10.6 Å². The Hall–Kier alpha value is -3.90. The zero-order chi connectivity index (χ0) is 27.9. The first-order valence-corrected chi connectivity index (χ1v) is 13.7. The first kappa shape index (κ1) is 30.3. The fraction of sp³-hybridized carbons (Fsp3) is 0.231. The molecule has 0 saturated heterocycles. The number of nitrogens with one attached hydrogen (secondary N) is 2. The minimum absolute atomic E-state index is 0.0141. The highest BCUT2D eigenvalue weighted by atomic mass is 33.1. The quantitative estimate of drug-likeness (QED) is 0.145. The Kier molecular flexibility index (Phi) is 12.8. The fourth-order valence-corrected chi connectivity index (χ4v) is 5.11. The molecule has 0 radical (unpaired) electrons. The van der Waals surface area contributed by atoms with E-state index >= 15 is 0 Å². The van der Waals surface area contributed by atoms with E-state index in [1.807, 2.05) is 0 Å². The third-order valence-electron chi connectivity index (χ3n) is 4.87. The molecule has 2 aromatic carbocycles. The first-order chi connectivity index (χ1) is 18.2. The van der Waals surface area contributed by atoms with E-state index in [1.165, 1.54) is 12.2 Å². The van der Waals surface area contributed by atoms with Crippen LogP contribution in [0.3, 0.4) is 0 Å². The monoisotopic (exact) mass is 560 g/mol. The van der Waals surface area contributed by atoms with Crippen molar-refractivity contribution in [2.24, 2.45) is 0 Å². The number of rotatable bonds is 15. The summed E-state index contributed by atoms with van der Waals surface area (Å²) in [5.74, 6) is -2.31. The van der Waals surface area contributed by atoms with Crippen LogP contribution in [0.5, 0.6) is 11.5 Å². The van der Waals surface area contributed by atoms with Crippen molar-refractivity contribution in [2.45, 2.75) is 12.1 Å². The van der Waals surface area contributed by atoms with Gasteiger partial charge in [0.25, 0.3) is 0 Å². The molecule has 0 bridgehead atoms. The number of carbonyl (C=O) groups is 4. The van der Waals surface area contributed by atoms with Crippen molar-refractivity contribution in [3.8, 4) is 11.5 Å². The van der Waals surface area contributed by atoms with Crippen molar-refractivity contribution in [3.05, 3.63) is 71.8 Å². The van der Waals surface area contributed by atoms with E-state index in [2.05, 4.69) is 10.6 Å². The van der Waals surface area contributed by atoms with E-state index in [9.17, 15) is 29.4 Å².